The van der Waals surface area contributed by atoms with Gasteiger partial charge in [-0.15, -0.1) is 0 Å². The van der Waals surface area contributed by atoms with Crippen molar-refractivity contribution in [3.05, 3.63) is 77.4 Å². The van der Waals surface area contributed by atoms with Crippen molar-refractivity contribution in [3.63, 3.8) is 0 Å². The van der Waals surface area contributed by atoms with E-state index in [0.717, 1.165) is 25.2 Å². The van der Waals surface area contributed by atoms with Crippen molar-refractivity contribution < 1.29 is 19.6 Å². The maximum absolute atomic E-state index is 13.1. The van der Waals surface area contributed by atoms with Gasteiger partial charge in [0.05, 0.1) is 32.2 Å². The van der Waals surface area contributed by atoms with E-state index in [1.54, 1.807) is 29.2 Å². The van der Waals surface area contributed by atoms with Gasteiger partial charge in [-0.25, -0.2) is 0 Å². The predicted molar refractivity (Wildman–Crippen MR) is 106 cm³/mol. The molecule has 0 bridgehead atoms. The monoisotopic (exact) mass is 378 g/mol. The highest BCUT2D eigenvalue weighted by Crippen LogP contribution is 2.38. The van der Waals surface area contributed by atoms with E-state index in [-0.39, 0.29) is 11.3 Å². The van der Waals surface area contributed by atoms with Gasteiger partial charge in [-0.1, -0.05) is 66.4 Å². The summed E-state index contributed by atoms with van der Waals surface area (Å²) in [6.07, 6.45) is 0. The quantitative estimate of drug-likeness (QED) is 0.441. The maximum Gasteiger partial charge on any atom is 0.295 e. The standard InChI is InChI=1S/C23H26N2O3/c1-3-24(4-2)15-16-25-20(17-11-7-5-8-12-17)19(22(27)23(25)28)21(26)18-13-9-6-10-14-18/h5-14,20,26H,3-4,15-16H2,1-2H3/b21-19+. The highest BCUT2D eigenvalue weighted by molar-refractivity contribution is 6.46. The summed E-state index contributed by atoms with van der Waals surface area (Å²) in [6, 6.07) is 17.4. The Bertz CT molecular complexity index is 858. The summed E-state index contributed by atoms with van der Waals surface area (Å²) in [5.41, 5.74) is 1.27. The molecule has 28 heavy (non-hydrogen) atoms. The smallest absolute Gasteiger partial charge is 0.295 e. The van der Waals surface area contributed by atoms with Gasteiger partial charge in [-0.2, -0.15) is 0 Å². The summed E-state index contributed by atoms with van der Waals surface area (Å²) < 4.78 is 0. The molecule has 2 aromatic rings. The number of carbonyl (C=O) groups is 2. The summed E-state index contributed by atoms with van der Waals surface area (Å²) in [6.45, 7) is 7.26. The number of hydrogen-bond donors (Lipinski definition) is 1. The third kappa shape index (κ3) is 3.85. The number of quaternary nitrogens is 1. The first-order valence-corrected chi connectivity index (χ1v) is 9.78. The van der Waals surface area contributed by atoms with Crippen molar-refractivity contribution in [2.24, 2.45) is 0 Å². The van der Waals surface area contributed by atoms with Gasteiger partial charge in [0.25, 0.3) is 5.91 Å². The summed E-state index contributed by atoms with van der Waals surface area (Å²) in [5.74, 6) is -1.64. The SMILES string of the molecule is CC[NH+](CC)CCN1C(=O)C(=O)/C(=C(/[O-])c2ccccc2)C1c1ccccc1. The fourth-order valence-electron chi connectivity index (χ4n) is 3.71. The molecule has 3 rings (SSSR count). The first-order valence-electron chi connectivity index (χ1n) is 9.78. The van der Waals surface area contributed by atoms with E-state index in [4.69, 9.17) is 0 Å². The Hall–Kier alpha value is -2.92. The normalized spacial score (nSPS) is 18.8. The molecule has 0 radical (unpaired) electrons. The number of rotatable bonds is 7. The lowest BCUT2D eigenvalue weighted by molar-refractivity contribution is -0.895. The molecule has 1 fully saturated rings. The van der Waals surface area contributed by atoms with Gasteiger partial charge >= 0.3 is 0 Å². The molecule has 1 aliphatic rings. The first-order chi connectivity index (χ1) is 13.6. The number of Topliss-reactive ketones (excluding diaryl/α,β-unsaturated/α-hetero) is 1. The van der Waals surface area contributed by atoms with Crippen LogP contribution >= 0.6 is 0 Å². The zero-order valence-electron chi connectivity index (χ0n) is 16.4. The van der Waals surface area contributed by atoms with E-state index >= 15 is 0 Å². The number of likely N-dealkylation sites (tertiary alicyclic amines) is 1. The number of hydrogen-bond acceptors (Lipinski definition) is 3. The van der Waals surface area contributed by atoms with E-state index in [1.165, 1.54) is 4.90 Å². The molecule has 5 heteroatoms. The number of carbonyl (C=O) groups excluding carboxylic acids is 2. The van der Waals surface area contributed by atoms with Crippen LogP contribution in [-0.2, 0) is 9.59 Å². The van der Waals surface area contributed by atoms with Crippen LogP contribution in [0.5, 0.6) is 0 Å². The first kappa shape index (κ1) is 19.8. The van der Waals surface area contributed by atoms with Gasteiger partial charge in [0.1, 0.15) is 0 Å². The molecule has 5 nitrogen and oxygen atoms in total. The van der Waals surface area contributed by atoms with Crippen LogP contribution in [0.1, 0.15) is 31.0 Å². The molecular formula is C23H26N2O3. The van der Waals surface area contributed by atoms with Crippen LogP contribution in [0.25, 0.3) is 5.76 Å². The Morgan fingerprint density at radius 2 is 1.54 bits per heavy atom. The largest absolute Gasteiger partial charge is 0.872 e. The van der Waals surface area contributed by atoms with Crippen molar-refractivity contribution >= 4 is 17.4 Å². The van der Waals surface area contributed by atoms with Crippen LogP contribution in [0.4, 0.5) is 0 Å². The van der Waals surface area contributed by atoms with Crippen LogP contribution in [0.3, 0.4) is 0 Å². The van der Waals surface area contributed by atoms with Crippen molar-refractivity contribution in [2.45, 2.75) is 19.9 Å². The highest BCUT2D eigenvalue weighted by atomic mass is 16.3. The van der Waals surface area contributed by atoms with Crippen molar-refractivity contribution in [3.8, 4) is 0 Å². The Morgan fingerprint density at radius 1 is 0.964 bits per heavy atom. The molecule has 0 spiro atoms. The second-order valence-corrected chi connectivity index (χ2v) is 6.96. The Balaban J connectivity index is 2.06. The molecule has 0 aromatic heterocycles. The molecule has 1 saturated heterocycles. The molecule has 2 aromatic carbocycles. The Labute approximate surface area is 165 Å². The van der Waals surface area contributed by atoms with Crippen molar-refractivity contribution in [1.29, 1.82) is 0 Å². The van der Waals surface area contributed by atoms with Crippen molar-refractivity contribution in [2.75, 3.05) is 26.2 Å². The van der Waals surface area contributed by atoms with Crippen molar-refractivity contribution in [1.82, 2.24) is 4.90 Å². The molecule has 0 saturated carbocycles. The summed E-state index contributed by atoms with van der Waals surface area (Å²) >= 11 is 0. The molecule has 1 atom stereocenters. The highest BCUT2D eigenvalue weighted by Gasteiger charge is 2.44. The second-order valence-electron chi connectivity index (χ2n) is 6.96. The van der Waals surface area contributed by atoms with Gasteiger partial charge < -0.3 is 14.9 Å². The Morgan fingerprint density at radius 3 is 2.11 bits per heavy atom. The number of nitrogens with zero attached hydrogens (tertiary/aromatic N) is 1. The topological polar surface area (TPSA) is 64.9 Å². The Kier molecular flexibility index (Phi) is 6.26. The summed E-state index contributed by atoms with van der Waals surface area (Å²) in [4.78, 5) is 28.6. The minimum atomic E-state index is -0.683. The number of likely N-dealkylation sites (N-methyl/N-ethyl adjacent to an activating group) is 1. The van der Waals surface area contributed by atoms with E-state index in [9.17, 15) is 14.7 Å². The molecule has 1 heterocycles. The van der Waals surface area contributed by atoms with E-state index in [2.05, 4.69) is 13.8 Å². The van der Waals surface area contributed by atoms with Crippen LogP contribution < -0.4 is 10.0 Å². The lowest BCUT2D eigenvalue weighted by Crippen LogP contribution is -3.12. The van der Waals surface area contributed by atoms with Gasteiger partial charge in [0, 0.05) is 5.57 Å². The number of ketones is 1. The number of benzene rings is 2. The molecule has 1 N–H and O–H groups in total. The zero-order valence-corrected chi connectivity index (χ0v) is 16.4. The minimum Gasteiger partial charge on any atom is -0.872 e. The number of nitrogens with one attached hydrogen (secondary N) is 1. The maximum atomic E-state index is 13.1. The van der Waals surface area contributed by atoms with Gasteiger partial charge in [0.2, 0.25) is 5.78 Å². The van der Waals surface area contributed by atoms with Crippen LogP contribution in [0, 0.1) is 0 Å². The third-order valence-corrected chi connectivity index (χ3v) is 5.39. The fraction of sp³-hybridized carbons (Fsp3) is 0.304. The second kappa shape index (κ2) is 8.85. The molecule has 1 aliphatic heterocycles. The van der Waals surface area contributed by atoms with Gasteiger partial charge in [-0.3, -0.25) is 9.59 Å². The lowest BCUT2D eigenvalue weighted by atomic mass is 9.95. The molecular weight excluding hydrogens is 352 g/mol. The summed E-state index contributed by atoms with van der Waals surface area (Å²) in [7, 11) is 0. The molecule has 1 amide bonds. The third-order valence-electron chi connectivity index (χ3n) is 5.39. The molecule has 1 unspecified atom stereocenters. The molecule has 146 valence electrons. The van der Waals surface area contributed by atoms with Crippen LogP contribution in [0.2, 0.25) is 0 Å². The van der Waals surface area contributed by atoms with Gasteiger partial charge in [0.15, 0.2) is 0 Å². The van der Waals surface area contributed by atoms with E-state index < -0.39 is 17.7 Å². The lowest BCUT2D eigenvalue weighted by Gasteiger charge is -2.28. The minimum absolute atomic E-state index is 0.0527. The fourth-order valence-corrected chi connectivity index (χ4v) is 3.71. The zero-order chi connectivity index (χ0) is 20.1. The number of amides is 1. The van der Waals surface area contributed by atoms with Crippen LogP contribution in [-0.4, -0.2) is 42.8 Å². The van der Waals surface area contributed by atoms with Crippen LogP contribution in [0.15, 0.2) is 66.2 Å². The average molecular weight is 378 g/mol. The van der Waals surface area contributed by atoms with Gasteiger partial charge in [-0.05, 0) is 25.0 Å². The molecule has 0 aliphatic carbocycles. The summed E-state index contributed by atoms with van der Waals surface area (Å²) in [5, 5.41) is 13.1. The predicted octanol–water partition coefficient (Wildman–Crippen LogP) is 0.835. The van der Waals surface area contributed by atoms with E-state index in [1.807, 2.05) is 36.4 Å². The van der Waals surface area contributed by atoms with E-state index in [0.29, 0.717) is 12.1 Å². The average Bonchev–Trinajstić information content (AvgIpc) is 3.00.